The Morgan fingerprint density at radius 2 is 0.366 bits per heavy atom. The Balaban J connectivity index is 1.60. The van der Waals surface area contributed by atoms with E-state index >= 15 is 0 Å². The maximum Gasteiger partial charge on any atom is 0.311 e. The van der Waals surface area contributed by atoms with Gasteiger partial charge in [0, 0.05) is 25.7 Å². The van der Waals surface area contributed by atoms with Crippen LogP contribution >= 0.6 is 0 Å². The van der Waals surface area contributed by atoms with Crippen molar-refractivity contribution in [1.82, 2.24) is 0 Å². The maximum atomic E-state index is 13.1. The minimum absolute atomic E-state index is 0.238. The SMILES string of the molecule is CCCCCCCCCCCC(=O)Oc1ccc(C(=C(c2ccc(OC(=O)CCCCCCCCCCC)cc2)c2ccc(OC(=O)CCCCCCCCCCC)cc2)c2ccc(OC(=O)CCCCCCCCCCC)cc2)cc1. The van der Waals surface area contributed by atoms with Crippen molar-refractivity contribution in [1.29, 1.82) is 0 Å². The quantitative estimate of drug-likeness (QED) is 0.0186. The molecule has 0 saturated heterocycles. The first-order valence-corrected chi connectivity index (χ1v) is 33.2. The predicted molar refractivity (Wildman–Crippen MR) is 341 cm³/mol. The highest BCUT2D eigenvalue weighted by atomic mass is 16.5. The number of benzene rings is 4. The van der Waals surface area contributed by atoms with E-state index in [0.29, 0.717) is 48.7 Å². The number of ether oxygens (including phenoxy) is 4. The second-order valence-corrected chi connectivity index (χ2v) is 23.1. The third-order valence-corrected chi connectivity index (χ3v) is 15.7. The monoisotopic (exact) mass is 1120 g/mol. The normalized spacial score (nSPS) is 11.1. The number of hydrogen-bond donors (Lipinski definition) is 0. The van der Waals surface area contributed by atoms with E-state index in [-0.39, 0.29) is 23.9 Å². The van der Waals surface area contributed by atoms with Gasteiger partial charge in [0.25, 0.3) is 0 Å². The molecule has 0 heterocycles. The molecule has 4 aromatic carbocycles. The zero-order valence-corrected chi connectivity index (χ0v) is 51.8. The molecule has 0 aromatic heterocycles. The van der Waals surface area contributed by atoms with Crippen molar-refractivity contribution in [3.05, 3.63) is 119 Å². The highest BCUT2D eigenvalue weighted by Crippen LogP contribution is 2.39. The van der Waals surface area contributed by atoms with E-state index in [2.05, 4.69) is 27.7 Å². The van der Waals surface area contributed by atoms with Gasteiger partial charge in [0.15, 0.2) is 0 Å². The van der Waals surface area contributed by atoms with Crippen LogP contribution in [0.1, 0.15) is 307 Å². The molecule has 0 aliphatic heterocycles. The van der Waals surface area contributed by atoms with Gasteiger partial charge in [-0.3, -0.25) is 19.2 Å². The topological polar surface area (TPSA) is 105 Å². The van der Waals surface area contributed by atoms with E-state index in [0.717, 1.165) is 110 Å². The van der Waals surface area contributed by atoms with Crippen molar-refractivity contribution in [3.63, 3.8) is 0 Å². The van der Waals surface area contributed by atoms with Crippen LogP contribution in [0.4, 0.5) is 0 Å². The van der Waals surface area contributed by atoms with Crippen molar-refractivity contribution < 1.29 is 38.1 Å². The van der Waals surface area contributed by atoms with E-state index in [9.17, 15) is 19.2 Å². The van der Waals surface area contributed by atoms with Gasteiger partial charge in [-0.05, 0) is 108 Å². The maximum absolute atomic E-state index is 13.1. The number of unbranched alkanes of at least 4 members (excludes halogenated alkanes) is 32. The number of carbonyl (C=O) groups is 4. The minimum atomic E-state index is -0.238. The molecule has 8 nitrogen and oxygen atoms in total. The summed E-state index contributed by atoms with van der Waals surface area (Å²) < 4.78 is 23.6. The molecular formula is C74H108O8. The summed E-state index contributed by atoms with van der Waals surface area (Å²) in [6.07, 6.45) is 43.8. The van der Waals surface area contributed by atoms with E-state index in [1.54, 1.807) is 0 Å². The van der Waals surface area contributed by atoms with Gasteiger partial charge >= 0.3 is 23.9 Å². The molecule has 8 heteroatoms. The Labute approximate surface area is 497 Å². The van der Waals surface area contributed by atoms with Crippen LogP contribution in [0.2, 0.25) is 0 Å². The molecule has 4 rings (SSSR count). The standard InChI is InChI=1S/C74H108O8/c1-5-9-13-17-21-25-29-33-37-41-69(75)79-65-53-45-61(46-54-65)73(62-47-55-66(56-48-62)80-70(76)42-38-34-30-26-22-18-14-10-6-2)74(63-49-57-67(58-50-63)81-71(77)43-39-35-31-27-23-19-15-11-7-3)64-51-59-68(60-52-64)82-72(78)44-40-36-32-28-24-20-16-12-8-4/h45-60H,5-44H2,1-4H3. The van der Waals surface area contributed by atoms with Crippen molar-refractivity contribution in [3.8, 4) is 23.0 Å². The lowest BCUT2D eigenvalue weighted by Gasteiger charge is -2.19. The highest BCUT2D eigenvalue weighted by Gasteiger charge is 2.19. The zero-order chi connectivity index (χ0) is 58.5. The largest absolute Gasteiger partial charge is 0.427 e. The molecule has 0 aliphatic carbocycles. The number of esters is 4. The van der Waals surface area contributed by atoms with Gasteiger partial charge in [-0.15, -0.1) is 0 Å². The van der Waals surface area contributed by atoms with Crippen LogP contribution in [0.3, 0.4) is 0 Å². The molecule has 0 atom stereocenters. The summed E-state index contributed by atoms with van der Waals surface area (Å²) >= 11 is 0. The average molecular weight is 1130 g/mol. The molecule has 0 amide bonds. The average Bonchev–Trinajstić information content (AvgIpc) is 3.49. The molecule has 452 valence electrons. The molecule has 0 spiro atoms. The fourth-order valence-electron chi connectivity index (χ4n) is 10.7. The summed E-state index contributed by atoms with van der Waals surface area (Å²) in [6, 6.07) is 30.5. The summed E-state index contributed by atoms with van der Waals surface area (Å²) in [5.41, 5.74) is 5.16. The minimum Gasteiger partial charge on any atom is -0.427 e. The highest BCUT2D eigenvalue weighted by molar-refractivity contribution is 6.04. The van der Waals surface area contributed by atoms with Crippen molar-refractivity contribution in [2.75, 3.05) is 0 Å². The molecule has 0 radical (unpaired) electrons. The van der Waals surface area contributed by atoms with Gasteiger partial charge in [0.1, 0.15) is 23.0 Å². The van der Waals surface area contributed by atoms with E-state index < -0.39 is 0 Å². The van der Waals surface area contributed by atoms with Crippen molar-refractivity contribution in [2.45, 2.75) is 285 Å². The summed E-state index contributed by atoms with van der Waals surface area (Å²) in [6.45, 7) is 8.96. The molecule has 82 heavy (non-hydrogen) atoms. The molecule has 0 N–H and O–H groups in total. The van der Waals surface area contributed by atoms with Gasteiger partial charge in [0.2, 0.25) is 0 Å². The van der Waals surface area contributed by atoms with Crippen LogP contribution in [0.25, 0.3) is 11.1 Å². The van der Waals surface area contributed by atoms with Crippen molar-refractivity contribution >= 4 is 35.0 Å². The van der Waals surface area contributed by atoms with Crippen molar-refractivity contribution in [2.24, 2.45) is 0 Å². The Bertz CT molecular complexity index is 2000. The van der Waals surface area contributed by atoms with Gasteiger partial charge < -0.3 is 18.9 Å². The molecule has 0 aliphatic rings. The Kier molecular flexibility index (Phi) is 37.9. The second-order valence-electron chi connectivity index (χ2n) is 23.1. The molecule has 0 saturated carbocycles. The molecule has 0 bridgehead atoms. The lowest BCUT2D eigenvalue weighted by atomic mass is 9.85. The first-order chi connectivity index (χ1) is 40.2. The number of hydrogen-bond acceptors (Lipinski definition) is 8. The van der Waals surface area contributed by atoms with Crippen LogP contribution in [0.5, 0.6) is 23.0 Å². The zero-order valence-electron chi connectivity index (χ0n) is 51.8. The van der Waals surface area contributed by atoms with Crippen LogP contribution in [-0.2, 0) is 19.2 Å². The second kappa shape index (κ2) is 45.0. The third kappa shape index (κ3) is 30.7. The molecule has 4 aromatic rings. The fraction of sp³-hybridized carbons (Fsp3) is 0.595. The first-order valence-electron chi connectivity index (χ1n) is 33.2. The van der Waals surface area contributed by atoms with Gasteiger partial charge in [-0.25, -0.2) is 0 Å². The van der Waals surface area contributed by atoms with E-state index in [1.165, 1.54) is 154 Å². The van der Waals surface area contributed by atoms with Gasteiger partial charge in [0.05, 0.1) is 0 Å². The predicted octanol–water partition coefficient (Wildman–Crippen LogP) is 22.0. The van der Waals surface area contributed by atoms with Crippen LogP contribution < -0.4 is 18.9 Å². The van der Waals surface area contributed by atoms with Gasteiger partial charge in [-0.2, -0.15) is 0 Å². The summed E-state index contributed by atoms with van der Waals surface area (Å²) in [4.78, 5) is 52.4. The van der Waals surface area contributed by atoms with Crippen LogP contribution in [-0.4, -0.2) is 23.9 Å². The number of rotatable bonds is 48. The Morgan fingerprint density at radius 1 is 0.220 bits per heavy atom. The smallest absolute Gasteiger partial charge is 0.311 e. The molecule has 0 unspecified atom stereocenters. The summed E-state index contributed by atoms with van der Waals surface area (Å²) in [5, 5.41) is 0. The van der Waals surface area contributed by atoms with E-state index in [4.69, 9.17) is 18.9 Å². The lowest BCUT2D eigenvalue weighted by Crippen LogP contribution is -2.08. The number of carbonyl (C=O) groups excluding carboxylic acids is 4. The molecular weight excluding hydrogens is 1020 g/mol. The Morgan fingerprint density at radius 3 is 0.524 bits per heavy atom. The summed E-state index contributed by atoms with van der Waals surface area (Å²) in [7, 11) is 0. The third-order valence-electron chi connectivity index (χ3n) is 15.7. The lowest BCUT2D eigenvalue weighted by molar-refractivity contribution is -0.135. The summed E-state index contributed by atoms with van der Waals surface area (Å²) in [5.74, 6) is 0.944. The van der Waals surface area contributed by atoms with Crippen LogP contribution in [0.15, 0.2) is 97.1 Å². The first kappa shape index (κ1) is 69.0. The molecule has 0 fully saturated rings. The fourth-order valence-corrected chi connectivity index (χ4v) is 10.7. The van der Waals surface area contributed by atoms with Crippen LogP contribution in [0, 0.1) is 0 Å². The van der Waals surface area contributed by atoms with E-state index in [1.807, 2.05) is 97.1 Å². The Hall–Kier alpha value is -5.50. The van der Waals surface area contributed by atoms with Gasteiger partial charge in [-0.1, -0.05) is 282 Å².